The second kappa shape index (κ2) is 4.13. The highest BCUT2D eigenvalue weighted by atomic mass is 14.6. The molecule has 2 N–H and O–H groups in total. The molecule has 1 rings (SSSR count). The van der Waals surface area contributed by atoms with Gasteiger partial charge in [-0.15, -0.1) is 0 Å². The summed E-state index contributed by atoms with van der Waals surface area (Å²) in [6.07, 6.45) is 0.907. The lowest BCUT2D eigenvalue weighted by Crippen LogP contribution is -2.30. The molecule has 1 aromatic carbocycles. The van der Waals surface area contributed by atoms with Crippen LogP contribution >= 0.6 is 0 Å². The largest absolute Gasteiger partial charge is 0.402 e. The lowest BCUT2D eigenvalue weighted by Gasteiger charge is -1.98. The van der Waals surface area contributed by atoms with E-state index in [1.807, 2.05) is 6.07 Å². The van der Waals surface area contributed by atoms with Crippen LogP contribution in [0.1, 0.15) is 27.2 Å². The first-order valence-corrected chi connectivity index (χ1v) is 4.68. The Labute approximate surface area is 79.6 Å². The minimum atomic E-state index is 0.907. The van der Waals surface area contributed by atoms with Crippen molar-refractivity contribution in [3.63, 3.8) is 0 Å². The van der Waals surface area contributed by atoms with E-state index in [9.17, 15) is 0 Å². The molecule has 0 saturated heterocycles. The van der Waals surface area contributed by atoms with Gasteiger partial charge in [-0.3, -0.25) is 0 Å². The summed E-state index contributed by atoms with van der Waals surface area (Å²) in [7, 11) is 0. The van der Waals surface area contributed by atoms with E-state index in [0.717, 1.165) is 12.1 Å². The summed E-state index contributed by atoms with van der Waals surface area (Å²) in [6.45, 7) is 6.31. The molecule has 0 saturated carbocycles. The van der Waals surface area contributed by atoms with Crippen molar-refractivity contribution in [1.29, 1.82) is 0 Å². The molecule has 0 aliphatic heterocycles. The van der Waals surface area contributed by atoms with Gasteiger partial charge < -0.3 is 5.73 Å². The van der Waals surface area contributed by atoms with Crippen molar-refractivity contribution in [3.05, 3.63) is 34.7 Å². The van der Waals surface area contributed by atoms with Crippen LogP contribution in [0.2, 0.25) is 0 Å². The number of hydrogen-bond donors (Lipinski definition) is 1. The molecule has 1 aromatic rings. The molecule has 0 heterocycles. The summed E-state index contributed by atoms with van der Waals surface area (Å²) >= 11 is 0. The number of nitrogens with two attached hydrogens (primary N) is 1. The van der Waals surface area contributed by atoms with Gasteiger partial charge in [-0.25, -0.2) is 0 Å². The van der Waals surface area contributed by atoms with Crippen LogP contribution in [0.4, 0.5) is 0 Å². The van der Waals surface area contributed by atoms with Gasteiger partial charge in [-0.05, 0) is 25.5 Å². The summed E-state index contributed by atoms with van der Waals surface area (Å²) in [5, 5.41) is 2.45. The van der Waals surface area contributed by atoms with Gasteiger partial charge in [0.05, 0.1) is 0 Å². The zero-order valence-corrected chi connectivity index (χ0v) is 8.59. The monoisotopic (exact) mass is 175 g/mol. The topological polar surface area (TPSA) is 26.0 Å². The Hall–Kier alpha value is -1.24. The average Bonchev–Trinajstić information content (AvgIpc) is 2.16. The molecular formula is C12H17N. The van der Waals surface area contributed by atoms with E-state index < -0.39 is 0 Å². The first-order chi connectivity index (χ1) is 6.16. The third kappa shape index (κ3) is 2.11. The molecule has 0 bridgehead atoms. The Morgan fingerprint density at radius 3 is 2.15 bits per heavy atom. The first kappa shape index (κ1) is 9.85. The van der Waals surface area contributed by atoms with E-state index in [-0.39, 0.29) is 0 Å². The van der Waals surface area contributed by atoms with E-state index in [1.165, 1.54) is 16.0 Å². The summed E-state index contributed by atoms with van der Waals surface area (Å²) in [5.41, 5.74) is 8.22. The van der Waals surface area contributed by atoms with Gasteiger partial charge in [0.25, 0.3) is 0 Å². The smallest absolute Gasteiger partial charge is 0.0157 e. The lowest BCUT2D eigenvalue weighted by molar-refractivity contribution is 1.17. The molecule has 70 valence electrons. The highest BCUT2D eigenvalue weighted by molar-refractivity contribution is 5.46. The van der Waals surface area contributed by atoms with Gasteiger partial charge in [0.15, 0.2) is 0 Å². The Bertz CT molecular complexity index is 397. The van der Waals surface area contributed by atoms with Gasteiger partial charge >= 0.3 is 0 Å². The van der Waals surface area contributed by atoms with Crippen LogP contribution in [-0.2, 0) is 0 Å². The second-order valence-corrected chi connectivity index (χ2v) is 3.42. The summed E-state index contributed by atoms with van der Waals surface area (Å²) in [5.74, 6) is 0. The van der Waals surface area contributed by atoms with E-state index in [1.54, 1.807) is 0 Å². The van der Waals surface area contributed by atoms with Gasteiger partial charge in [-0.2, -0.15) is 0 Å². The normalized spacial score (nSPS) is 12.5. The molecule has 1 heteroatoms. The third-order valence-electron chi connectivity index (χ3n) is 2.19. The van der Waals surface area contributed by atoms with Crippen LogP contribution in [0.3, 0.4) is 0 Å². The summed E-state index contributed by atoms with van der Waals surface area (Å²) in [6, 6.07) is 8.29. The van der Waals surface area contributed by atoms with Crippen molar-refractivity contribution < 1.29 is 0 Å². The average molecular weight is 175 g/mol. The highest BCUT2D eigenvalue weighted by Gasteiger charge is 1.91. The molecule has 13 heavy (non-hydrogen) atoms. The van der Waals surface area contributed by atoms with Gasteiger partial charge in [0.2, 0.25) is 0 Å². The van der Waals surface area contributed by atoms with Crippen molar-refractivity contribution in [3.8, 4) is 0 Å². The maximum atomic E-state index is 5.94. The molecule has 0 spiro atoms. The van der Waals surface area contributed by atoms with E-state index in [2.05, 4.69) is 39.0 Å². The minimum Gasteiger partial charge on any atom is -0.402 e. The predicted molar refractivity (Wildman–Crippen MR) is 58.3 cm³/mol. The Morgan fingerprint density at radius 1 is 1.15 bits per heavy atom. The SMILES string of the molecule is CC/C(N)=c1/ccccc1=C(C)C. The van der Waals surface area contributed by atoms with E-state index >= 15 is 0 Å². The van der Waals surface area contributed by atoms with Crippen molar-refractivity contribution in [2.24, 2.45) is 5.73 Å². The maximum absolute atomic E-state index is 5.94. The van der Waals surface area contributed by atoms with Crippen LogP contribution in [-0.4, -0.2) is 0 Å². The Morgan fingerprint density at radius 2 is 1.69 bits per heavy atom. The number of rotatable bonds is 1. The van der Waals surface area contributed by atoms with Crippen LogP contribution in [0.5, 0.6) is 0 Å². The van der Waals surface area contributed by atoms with Crippen molar-refractivity contribution in [2.45, 2.75) is 27.2 Å². The zero-order valence-electron chi connectivity index (χ0n) is 8.59. The Kier molecular flexibility index (Phi) is 3.13. The fourth-order valence-corrected chi connectivity index (χ4v) is 1.39. The molecule has 0 fully saturated rings. The van der Waals surface area contributed by atoms with Gasteiger partial charge in [-0.1, -0.05) is 36.8 Å². The summed E-state index contributed by atoms with van der Waals surface area (Å²) < 4.78 is 0. The molecular weight excluding hydrogens is 158 g/mol. The van der Waals surface area contributed by atoms with Crippen molar-refractivity contribution in [1.82, 2.24) is 0 Å². The molecule has 0 amide bonds. The molecule has 0 unspecified atom stereocenters. The third-order valence-corrected chi connectivity index (χ3v) is 2.19. The quantitative estimate of drug-likeness (QED) is 0.685. The molecule has 0 aromatic heterocycles. The van der Waals surface area contributed by atoms with E-state index in [0.29, 0.717) is 0 Å². The van der Waals surface area contributed by atoms with Crippen LogP contribution in [0.25, 0.3) is 11.3 Å². The fraction of sp³-hybridized carbons (Fsp3) is 0.333. The molecule has 0 radical (unpaired) electrons. The van der Waals surface area contributed by atoms with Crippen LogP contribution in [0.15, 0.2) is 24.3 Å². The lowest BCUT2D eigenvalue weighted by atomic mass is 10.1. The van der Waals surface area contributed by atoms with Crippen molar-refractivity contribution in [2.75, 3.05) is 0 Å². The summed E-state index contributed by atoms with van der Waals surface area (Å²) in [4.78, 5) is 0. The van der Waals surface area contributed by atoms with Gasteiger partial charge in [0, 0.05) is 10.9 Å². The van der Waals surface area contributed by atoms with Crippen molar-refractivity contribution >= 4 is 11.3 Å². The van der Waals surface area contributed by atoms with E-state index in [4.69, 9.17) is 5.73 Å². The zero-order chi connectivity index (χ0) is 9.84. The first-order valence-electron chi connectivity index (χ1n) is 4.68. The fourth-order valence-electron chi connectivity index (χ4n) is 1.39. The minimum absolute atomic E-state index is 0.907. The molecule has 0 aliphatic rings. The Balaban J connectivity index is 3.66. The second-order valence-electron chi connectivity index (χ2n) is 3.42. The molecule has 0 aliphatic carbocycles. The van der Waals surface area contributed by atoms with Gasteiger partial charge in [0.1, 0.15) is 0 Å². The number of hydrogen-bond acceptors (Lipinski definition) is 1. The number of benzene rings is 1. The maximum Gasteiger partial charge on any atom is 0.0157 e. The molecule has 0 atom stereocenters. The van der Waals surface area contributed by atoms with Crippen LogP contribution in [0, 0.1) is 0 Å². The standard InChI is InChI=1S/C12H17N/c1-4-12(13)11-8-6-5-7-10(11)9(2)3/h5-8H,4,13H2,1-3H3/b12-11+. The molecule has 1 nitrogen and oxygen atoms in total. The highest BCUT2D eigenvalue weighted by Crippen LogP contribution is 1.88. The predicted octanol–water partition coefficient (Wildman–Crippen LogP) is 1.35. The van der Waals surface area contributed by atoms with Crippen LogP contribution < -0.4 is 16.2 Å².